The second-order valence-corrected chi connectivity index (χ2v) is 6.97. The van der Waals surface area contributed by atoms with Crippen LogP contribution in [-0.4, -0.2) is 34.9 Å². The monoisotopic (exact) mass is 365 g/mol. The molecule has 1 atom stereocenters. The normalized spacial score (nSPS) is 17.6. The zero-order valence-electron chi connectivity index (χ0n) is 13.7. The zero-order chi connectivity index (χ0) is 15.9. The van der Waals surface area contributed by atoms with Crippen LogP contribution in [0.25, 0.3) is 0 Å². The third kappa shape index (κ3) is 5.30. The van der Waals surface area contributed by atoms with E-state index in [9.17, 15) is 4.79 Å². The van der Waals surface area contributed by atoms with Crippen LogP contribution >= 0.6 is 23.7 Å². The maximum absolute atomic E-state index is 12.9. The summed E-state index contributed by atoms with van der Waals surface area (Å²) in [5.41, 5.74) is 0.962. The number of nitrogens with zero attached hydrogens (tertiary/aromatic N) is 2. The SMILES string of the molecule is Cl.O=C(Cc1cccs1)N(Cc1ccccn1)C1CCCNCC1. The van der Waals surface area contributed by atoms with Crippen molar-refractivity contribution >= 4 is 29.7 Å². The molecule has 1 unspecified atom stereocenters. The highest BCUT2D eigenvalue weighted by Gasteiger charge is 2.25. The van der Waals surface area contributed by atoms with E-state index in [2.05, 4.69) is 15.2 Å². The number of pyridine rings is 1. The lowest BCUT2D eigenvalue weighted by molar-refractivity contribution is -0.133. The number of carbonyl (C=O) groups is 1. The number of hydrogen-bond donors (Lipinski definition) is 1. The van der Waals surface area contributed by atoms with Crippen LogP contribution in [0.4, 0.5) is 0 Å². The Bertz CT molecular complexity index is 598. The minimum Gasteiger partial charge on any atom is -0.333 e. The van der Waals surface area contributed by atoms with E-state index < -0.39 is 0 Å². The van der Waals surface area contributed by atoms with Crippen molar-refractivity contribution in [2.75, 3.05) is 13.1 Å². The van der Waals surface area contributed by atoms with E-state index >= 15 is 0 Å². The Morgan fingerprint density at radius 2 is 2.17 bits per heavy atom. The van der Waals surface area contributed by atoms with Crippen molar-refractivity contribution in [3.8, 4) is 0 Å². The third-order valence-corrected chi connectivity index (χ3v) is 5.15. The zero-order valence-corrected chi connectivity index (χ0v) is 15.3. The molecule has 0 saturated carbocycles. The van der Waals surface area contributed by atoms with Crippen molar-refractivity contribution in [3.05, 3.63) is 52.5 Å². The molecule has 1 aliphatic heterocycles. The maximum Gasteiger partial charge on any atom is 0.228 e. The molecule has 1 amide bonds. The number of thiophene rings is 1. The first kappa shape index (κ1) is 18.9. The maximum atomic E-state index is 12.9. The number of hydrogen-bond acceptors (Lipinski definition) is 4. The fourth-order valence-electron chi connectivity index (χ4n) is 3.06. The van der Waals surface area contributed by atoms with Crippen LogP contribution in [0, 0.1) is 0 Å². The molecule has 1 N–H and O–H groups in total. The Morgan fingerprint density at radius 1 is 1.25 bits per heavy atom. The van der Waals surface area contributed by atoms with E-state index in [1.807, 2.05) is 35.7 Å². The number of nitrogens with one attached hydrogen (secondary N) is 1. The molecule has 1 saturated heterocycles. The molecule has 0 aromatic carbocycles. The predicted octanol–water partition coefficient (Wildman–Crippen LogP) is 3.28. The molecule has 2 aromatic rings. The summed E-state index contributed by atoms with van der Waals surface area (Å²) in [7, 11) is 0. The van der Waals surface area contributed by atoms with Gasteiger partial charge in [-0.1, -0.05) is 12.1 Å². The van der Waals surface area contributed by atoms with Gasteiger partial charge in [0.05, 0.1) is 18.7 Å². The lowest BCUT2D eigenvalue weighted by Gasteiger charge is -2.31. The lowest BCUT2D eigenvalue weighted by atomic mass is 10.1. The number of halogens is 1. The van der Waals surface area contributed by atoms with Crippen LogP contribution in [0.15, 0.2) is 41.9 Å². The van der Waals surface area contributed by atoms with Gasteiger partial charge >= 0.3 is 0 Å². The first-order chi connectivity index (χ1) is 11.3. The average molecular weight is 366 g/mol. The largest absolute Gasteiger partial charge is 0.333 e. The Hall–Kier alpha value is -1.43. The smallest absolute Gasteiger partial charge is 0.228 e. The second-order valence-electron chi connectivity index (χ2n) is 5.93. The molecule has 6 heteroatoms. The van der Waals surface area contributed by atoms with Crippen molar-refractivity contribution in [2.24, 2.45) is 0 Å². The quantitative estimate of drug-likeness (QED) is 0.884. The topological polar surface area (TPSA) is 45.2 Å². The Morgan fingerprint density at radius 3 is 2.92 bits per heavy atom. The highest BCUT2D eigenvalue weighted by Crippen LogP contribution is 2.19. The van der Waals surface area contributed by atoms with Gasteiger partial charge in [0.25, 0.3) is 0 Å². The average Bonchev–Trinajstić information content (AvgIpc) is 2.93. The molecule has 0 spiro atoms. The van der Waals surface area contributed by atoms with Crippen molar-refractivity contribution in [2.45, 2.75) is 38.3 Å². The summed E-state index contributed by atoms with van der Waals surface area (Å²) < 4.78 is 0. The van der Waals surface area contributed by atoms with Gasteiger partial charge in [-0.2, -0.15) is 0 Å². The van der Waals surface area contributed by atoms with Gasteiger partial charge < -0.3 is 10.2 Å². The molecular formula is C18H24ClN3OS. The van der Waals surface area contributed by atoms with E-state index in [1.165, 1.54) is 0 Å². The standard InChI is InChI=1S/C18H23N3OS.ClH/c22-18(13-17-7-4-12-23-17)21(14-15-5-1-2-10-20-15)16-6-3-9-19-11-8-16;/h1-2,4-5,7,10,12,16,19H,3,6,8-9,11,13-14H2;1H. The Balaban J connectivity index is 0.00000208. The summed E-state index contributed by atoms with van der Waals surface area (Å²) in [6, 6.07) is 10.2. The van der Waals surface area contributed by atoms with Crippen molar-refractivity contribution in [3.63, 3.8) is 0 Å². The summed E-state index contributed by atoms with van der Waals surface area (Å²) in [5.74, 6) is 0.213. The molecule has 3 heterocycles. The molecule has 130 valence electrons. The molecule has 1 aliphatic rings. The van der Waals surface area contributed by atoms with E-state index in [4.69, 9.17) is 0 Å². The van der Waals surface area contributed by atoms with Gasteiger partial charge in [-0.25, -0.2) is 0 Å². The van der Waals surface area contributed by atoms with Gasteiger partial charge in [-0.15, -0.1) is 23.7 Å². The molecule has 2 aromatic heterocycles. The molecule has 4 nitrogen and oxygen atoms in total. The fraction of sp³-hybridized carbons (Fsp3) is 0.444. The van der Waals surface area contributed by atoms with E-state index in [0.29, 0.717) is 19.0 Å². The van der Waals surface area contributed by atoms with Gasteiger partial charge in [-0.05, 0) is 55.9 Å². The van der Waals surface area contributed by atoms with Crippen LogP contribution in [0.2, 0.25) is 0 Å². The van der Waals surface area contributed by atoms with Crippen molar-refractivity contribution < 1.29 is 4.79 Å². The van der Waals surface area contributed by atoms with Gasteiger partial charge in [0.1, 0.15) is 0 Å². The minimum absolute atomic E-state index is 0. The predicted molar refractivity (Wildman–Crippen MR) is 101 cm³/mol. The minimum atomic E-state index is 0. The Kier molecular flexibility index (Phi) is 7.69. The van der Waals surface area contributed by atoms with Gasteiger partial charge in [0.15, 0.2) is 0 Å². The molecule has 1 fully saturated rings. The highest BCUT2D eigenvalue weighted by molar-refractivity contribution is 7.10. The van der Waals surface area contributed by atoms with Crippen LogP contribution < -0.4 is 5.32 Å². The highest BCUT2D eigenvalue weighted by atomic mass is 35.5. The lowest BCUT2D eigenvalue weighted by Crippen LogP contribution is -2.41. The third-order valence-electron chi connectivity index (χ3n) is 4.27. The second kappa shape index (κ2) is 9.77. The molecule has 24 heavy (non-hydrogen) atoms. The van der Waals surface area contributed by atoms with Crippen LogP contribution in [0.5, 0.6) is 0 Å². The molecule has 0 radical (unpaired) electrons. The van der Waals surface area contributed by atoms with Crippen LogP contribution in [0.3, 0.4) is 0 Å². The van der Waals surface area contributed by atoms with E-state index in [-0.39, 0.29) is 18.3 Å². The summed E-state index contributed by atoms with van der Waals surface area (Å²) in [5, 5.41) is 5.46. The Labute approximate surface area is 153 Å². The number of rotatable bonds is 5. The molecule has 0 bridgehead atoms. The molecule has 3 rings (SSSR count). The summed E-state index contributed by atoms with van der Waals surface area (Å²) >= 11 is 1.65. The molecule has 0 aliphatic carbocycles. The van der Waals surface area contributed by atoms with Gasteiger partial charge in [0.2, 0.25) is 5.91 Å². The summed E-state index contributed by atoms with van der Waals surface area (Å²) in [6.07, 6.45) is 5.50. The number of carbonyl (C=O) groups excluding carboxylic acids is 1. The van der Waals surface area contributed by atoms with E-state index in [0.717, 1.165) is 42.9 Å². The van der Waals surface area contributed by atoms with Gasteiger partial charge in [-0.3, -0.25) is 9.78 Å². The molecular weight excluding hydrogens is 342 g/mol. The summed E-state index contributed by atoms with van der Waals surface area (Å²) in [6.45, 7) is 2.64. The first-order valence-corrected chi connectivity index (χ1v) is 9.13. The van der Waals surface area contributed by atoms with Crippen molar-refractivity contribution in [1.82, 2.24) is 15.2 Å². The van der Waals surface area contributed by atoms with E-state index in [1.54, 1.807) is 17.5 Å². The fourth-order valence-corrected chi connectivity index (χ4v) is 3.76. The van der Waals surface area contributed by atoms with Crippen LogP contribution in [0.1, 0.15) is 29.8 Å². The number of aromatic nitrogens is 1. The van der Waals surface area contributed by atoms with Crippen molar-refractivity contribution in [1.29, 1.82) is 0 Å². The first-order valence-electron chi connectivity index (χ1n) is 8.25. The van der Waals surface area contributed by atoms with Gasteiger partial charge in [0, 0.05) is 17.1 Å². The number of amides is 1. The van der Waals surface area contributed by atoms with Crippen LogP contribution in [-0.2, 0) is 17.8 Å². The summed E-state index contributed by atoms with van der Waals surface area (Å²) in [4.78, 5) is 20.5.